The van der Waals surface area contributed by atoms with Crippen molar-refractivity contribution in [3.05, 3.63) is 54.6 Å². The summed E-state index contributed by atoms with van der Waals surface area (Å²) in [6.45, 7) is 5.16. The summed E-state index contributed by atoms with van der Waals surface area (Å²) < 4.78 is 3.98. The topological polar surface area (TPSA) is 12.1 Å². The molecule has 0 bridgehead atoms. The normalized spacial score (nSPS) is 10.7. The van der Waals surface area contributed by atoms with Crippen molar-refractivity contribution in [1.82, 2.24) is 9.47 Å². The van der Waals surface area contributed by atoms with Crippen LogP contribution in [0.1, 0.15) is 19.4 Å². The Kier molecular flexibility index (Phi) is 4.32. The van der Waals surface area contributed by atoms with Crippen molar-refractivity contribution in [2.45, 2.75) is 26.4 Å². The highest BCUT2D eigenvalue weighted by molar-refractivity contribution is 7.80. The van der Waals surface area contributed by atoms with Gasteiger partial charge in [0.15, 0.2) is 0 Å². The molecular formula is C15H20N3S+. The molecule has 0 saturated carbocycles. The van der Waals surface area contributed by atoms with E-state index in [0.29, 0.717) is 6.04 Å². The molecule has 1 heterocycles. The molecule has 0 atom stereocenters. The summed E-state index contributed by atoms with van der Waals surface area (Å²) >= 11 is 5.61. The maximum atomic E-state index is 5.61. The minimum Gasteiger partial charge on any atom is -0.323 e. The van der Waals surface area contributed by atoms with Gasteiger partial charge in [-0.15, -0.1) is 0 Å². The number of imidazole rings is 1. The first kappa shape index (κ1) is 13.7. The van der Waals surface area contributed by atoms with Crippen molar-refractivity contribution in [3.8, 4) is 0 Å². The number of aryl methyl sites for hydroxylation is 1. The molecule has 19 heavy (non-hydrogen) atoms. The van der Waals surface area contributed by atoms with Gasteiger partial charge < -0.3 is 4.90 Å². The van der Waals surface area contributed by atoms with Crippen molar-refractivity contribution in [2.75, 3.05) is 0 Å². The van der Waals surface area contributed by atoms with Crippen LogP contribution in [0.2, 0.25) is 0 Å². The summed E-state index contributed by atoms with van der Waals surface area (Å²) in [5, 5.41) is 0.833. The Bertz CT molecular complexity index is 546. The molecule has 0 unspecified atom stereocenters. The molecule has 0 amide bonds. The van der Waals surface area contributed by atoms with Gasteiger partial charge in [0, 0.05) is 12.6 Å². The van der Waals surface area contributed by atoms with E-state index in [9.17, 15) is 0 Å². The second kappa shape index (κ2) is 5.97. The lowest BCUT2D eigenvalue weighted by atomic mass is 10.2. The van der Waals surface area contributed by atoms with Crippen LogP contribution in [-0.4, -0.2) is 20.6 Å². The summed E-state index contributed by atoms with van der Waals surface area (Å²) in [6.07, 6.45) is 5.97. The Hall–Kier alpha value is -1.68. The minimum absolute atomic E-state index is 0.361. The third-order valence-corrected chi connectivity index (χ3v) is 3.50. The van der Waals surface area contributed by atoms with Crippen LogP contribution in [0.25, 0.3) is 0 Å². The molecule has 0 spiro atoms. The van der Waals surface area contributed by atoms with Crippen LogP contribution in [0.3, 0.4) is 0 Å². The van der Waals surface area contributed by atoms with Gasteiger partial charge in [0.05, 0.1) is 7.05 Å². The smallest absolute Gasteiger partial charge is 0.270 e. The summed E-state index contributed by atoms with van der Waals surface area (Å²) in [4.78, 5) is 2.23. The number of aromatic nitrogens is 2. The summed E-state index contributed by atoms with van der Waals surface area (Å²) in [6, 6.07) is 10.8. The molecule has 0 aliphatic rings. The largest absolute Gasteiger partial charge is 0.323 e. The first-order valence-electron chi connectivity index (χ1n) is 6.46. The molecule has 0 aliphatic heterocycles. The molecule has 1 aromatic heterocycles. The van der Waals surface area contributed by atoms with Gasteiger partial charge in [-0.1, -0.05) is 30.3 Å². The van der Waals surface area contributed by atoms with E-state index in [-0.39, 0.29) is 0 Å². The zero-order valence-electron chi connectivity index (χ0n) is 11.7. The van der Waals surface area contributed by atoms with Crippen molar-refractivity contribution in [3.63, 3.8) is 0 Å². The van der Waals surface area contributed by atoms with Crippen LogP contribution >= 0.6 is 12.2 Å². The van der Waals surface area contributed by atoms with Crippen molar-refractivity contribution in [1.29, 1.82) is 0 Å². The molecule has 0 aliphatic carbocycles. The number of thiocarbonyl (C=S) groups is 1. The van der Waals surface area contributed by atoms with Gasteiger partial charge in [0.1, 0.15) is 12.4 Å². The molecule has 4 heteroatoms. The molecule has 2 rings (SSSR count). The fourth-order valence-electron chi connectivity index (χ4n) is 1.96. The third-order valence-electron chi connectivity index (χ3n) is 3.05. The SMILES string of the molecule is CC(C)N(Cc1ccccc1)C(=S)n1cc[n+](C)c1. The monoisotopic (exact) mass is 274 g/mol. The predicted molar refractivity (Wildman–Crippen MR) is 80.7 cm³/mol. The Morgan fingerprint density at radius 3 is 2.53 bits per heavy atom. The van der Waals surface area contributed by atoms with Crippen LogP contribution in [-0.2, 0) is 13.6 Å². The predicted octanol–water partition coefficient (Wildman–Crippen LogP) is 2.36. The van der Waals surface area contributed by atoms with Crippen molar-refractivity contribution < 1.29 is 4.57 Å². The van der Waals surface area contributed by atoms with E-state index in [0.717, 1.165) is 11.7 Å². The van der Waals surface area contributed by atoms with Gasteiger partial charge in [0.25, 0.3) is 11.4 Å². The van der Waals surface area contributed by atoms with Gasteiger partial charge in [-0.3, -0.25) is 0 Å². The Morgan fingerprint density at radius 1 is 1.32 bits per heavy atom. The molecular weight excluding hydrogens is 254 g/mol. The summed E-state index contributed by atoms with van der Waals surface area (Å²) in [5.41, 5.74) is 1.27. The number of rotatable bonds is 3. The van der Waals surface area contributed by atoms with Gasteiger partial charge in [-0.2, -0.15) is 4.57 Å². The van der Waals surface area contributed by atoms with Crippen LogP contribution in [0, 0.1) is 0 Å². The van der Waals surface area contributed by atoms with E-state index < -0.39 is 0 Å². The van der Waals surface area contributed by atoms with Crippen molar-refractivity contribution in [2.24, 2.45) is 7.05 Å². The van der Waals surface area contributed by atoms with E-state index in [1.54, 1.807) is 0 Å². The van der Waals surface area contributed by atoms with E-state index in [1.807, 2.05) is 41.0 Å². The van der Waals surface area contributed by atoms with Gasteiger partial charge >= 0.3 is 0 Å². The zero-order valence-corrected chi connectivity index (χ0v) is 12.5. The van der Waals surface area contributed by atoms with E-state index >= 15 is 0 Å². The van der Waals surface area contributed by atoms with Crippen LogP contribution < -0.4 is 4.57 Å². The van der Waals surface area contributed by atoms with Crippen LogP contribution in [0.4, 0.5) is 0 Å². The van der Waals surface area contributed by atoms with Crippen LogP contribution in [0.15, 0.2) is 49.1 Å². The number of nitrogens with zero attached hydrogens (tertiary/aromatic N) is 3. The van der Waals surface area contributed by atoms with E-state index in [1.165, 1.54) is 5.56 Å². The second-order valence-corrected chi connectivity index (χ2v) is 5.34. The number of hydrogen-bond acceptors (Lipinski definition) is 1. The average molecular weight is 274 g/mol. The van der Waals surface area contributed by atoms with E-state index in [2.05, 4.69) is 43.0 Å². The quantitative estimate of drug-likeness (QED) is 0.629. The molecule has 3 nitrogen and oxygen atoms in total. The summed E-state index contributed by atoms with van der Waals surface area (Å²) in [7, 11) is 2.00. The molecule has 1 aromatic carbocycles. The molecule has 0 fully saturated rings. The standard InChI is InChI=1S/C15H20N3S/c1-13(2)18(11-14-7-5-4-6-8-14)15(19)17-10-9-16(3)12-17/h4-10,12-13H,11H2,1-3H3/q+1. The maximum absolute atomic E-state index is 5.61. The lowest BCUT2D eigenvalue weighted by molar-refractivity contribution is -0.670. The fourth-order valence-corrected chi connectivity index (χ4v) is 2.35. The summed E-state index contributed by atoms with van der Waals surface area (Å²) in [5.74, 6) is 0. The highest BCUT2D eigenvalue weighted by Crippen LogP contribution is 2.10. The highest BCUT2D eigenvalue weighted by Gasteiger charge is 2.19. The number of benzene rings is 1. The lowest BCUT2D eigenvalue weighted by Gasteiger charge is -2.26. The minimum atomic E-state index is 0.361. The first-order chi connectivity index (χ1) is 9.08. The third kappa shape index (κ3) is 3.41. The molecule has 2 aromatic rings. The molecule has 0 N–H and O–H groups in total. The first-order valence-corrected chi connectivity index (χ1v) is 6.87. The zero-order chi connectivity index (χ0) is 13.8. The van der Waals surface area contributed by atoms with Crippen molar-refractivity contribution >= 4 is 17.3 Å². The van der Waals surface area contributed by atoms with E-state index in [4.69, 9.17) is 12.2 Å². The molecule has 100 valence electrons. The van der Waals surface area contributed by atoms with Gasteiger partial charge in [0.2, 0.25) is 0 Å². The van der Waals surface area contributed by atoms with Crippen LogP contribution in [0.5, 0.6) is 0 Å². The fraction of sp³-hybridized carbons (Fsp3) is 0.333. The number of hydrogen-bond donors (Lipinski definition) is 0. The Balaban J connectivity index is 2.19. The molecule has 0 radical (unpaired) electrons. The highest BCUT2D eigenvalue weighted by atomic mass is 32.1. The Labute approximate surface area is 120 Å². The van der Waals surface area contributed by atoms with Gasteiger partial charge in [-0.05, 0) is 31.6 Å². The second-order valence-electron chi connectivity index (χ2n) is 4.98. The molecule has 0 saturated heterocycles. The lowest BCUT2D eigenvalue weighted by Crippen LogP contribution is -2.39. The average Bonchev–Trinajstić information content (AvgIpc) is 2.83. The maximum Gasteiger partial charge on any atom is 0.270 e. The Morgan fingerprint density at radius 2 is 2.00 bits per heavy atom. The van der Waals surface area contributed by atoms with Gasteiger partial charge in [-0.25, -0.2) is 4.57 Å².